The maximum Gasteiger partial charge on any atom is 0.295 e. The van der Waals surface area contributed by atoms with Crippen molar-refractivity contribution in [2.75, 3.05) is 26.2 Å². The minimum atomic E-state index is -0.660. The zero-order valence-corrected chi connectivity index (χ0v) is 18.1. The molecule has 0 radical (unpaired) electrons. The number of rotatable bonds is 7. The summed E-state index contributed by atoms with van der Waals surface area (Å²) < 4.78 is 0.861. The van der Waals surface area contributed by atoms with Gasteiger partial charge in [0, 0.05) is 35.5 Å². The van der Waals surface area contributed by atoms with E-state index in [-0.39, 0.29) is 11.3 Å². The van der Waals surface area contributed by atoms with E-state index >= 15 is 0 Å². The van der Waals surface area contributed by atoms with Crippen molar-refractivity contribution in [3.8, 4) is 0 Å². The number of carbonyl (C=O) groups is 2. The second-order valence-electron chi connectivity index (χ2n) is 6.81. The summed E-state index contributed by atoms with van der Waals surface area (Å²) >= 11 is 3.37. The molecule has 152 valence electrons. The summed E-state index contributed by atoms with van der Waals surface area (Å²) in [6.45, 7) is 6.89. The summed E-state index contributed by atoms with van der Waals surface area (Å²) in [6, 6.07) is 9.90. The molecule has 1 unspecified atom stereocenters. The zero-order valence-electron chi connectivity index (χ0n) is 16.5. The molecule has 2 aromatic rings. The summed E-state index contributed by atoms with van der Waals surface area (Å²) in [5, 5.41) is 11.0. The van der Waals surface area contributed by atoms with Crippen molar-refractivity contribution in [1.29, 1.82) is 0 Å². The lowest BCUT2D eigenvalue weighted by molar-refractivity contribution is -0.140. The van der Waals surface area contributed by atoms with Gasteiger partial charge in [0.2, 0.25) is 0 Å². The first-order valence-electron chi connectivity index (χ1n) is 9.64. The van der Waals surface area contributed by atoms with Crippen LogP contribution in [0.4, 0.5) is 0 Å². The van der Waals surface area contributed by atoms with E-state index < -0.39 is 17.7 Å². The van der Waals surface area contributed by atoms with Crippen molar-refractivity contribution in [1.82, 2.24) is 14.8 Å². The first kappa shape index (κ1) is 21.2. The average molecular weight is 458 g/mol. The van der Waals surface area contributed by atoms with E-state index in [4.69, 9.17) is 0 Å². The third-order valence-corrected chi connectivity index (χ3v) is 5.76. The van der Waals surface area contributed by atoms with Crippen LogP contribution in [0.5, 0.6) is 0 Å². The van der Waals surface area contributed by atoms with Gasteiger partial charge in [-0.1, -0.05) is 41.9 Å². The van der Waals surface area contributed by atoms with E-state index in [1.165, 1.54) is 0 Å². The summed E-state index contributed by atoms with van der Waals surface area (Å²) in [7, 11) is 0. The van der Waals surface area contributed by atoms with Crippen LogP contribution in [0.3, 0.4) is 0 Å². The summed E-state index contributed by atoms with van der Waals surface area (Å²) in [5.41, 5.74) is 1.36. The molecular formula is C22H24BrN3O3. The second kappa shape index (κ2) is 9.33. The molecule has 0 spiro atoms. The van der Waals surface area contributed by atoms with E-state index in [1.54, 1.807) is 53.7 Å². The summed E-state index contributed by atoms with van der Waals surface area (Å²) in [4.78, 5) is 33.6. The largest absolute Gasteiger partial charge is 0.507 e. The Morgan fingerprint density at radius 2 is 1.72 bits per heavy atom. The monoisotopic (exact) mass is 457 g/mol. The Kier molecular flexibility index (Phi) is 6.82. The molecule has 1 aromatic carbocycles. The number of hydrogen-bond donors (Lipinski definition) is 1. The molecule has 1 aliphatic heterocycles. The van der Waals surface area contributed by atoms with Crippen LogP contribution >= 0.6 is 15.9 Å². The lowest BCUT2D eigenvalue weighted by atomic mass is 9.96. The number of pyridine rings is 1. The smallest absolute Gasteiger partial charge is 0.295 e. The van der Waals surface area contributed by atoms with E-state index in [0.29, 0.717) is 18.7 Å². The molecule has 1 aliphatic rings. The molecule has 6 nitrogen and oxygen atoms in total. The number of nitrogens with zero attached hydrogens (tertiary/aromatic N) is 3. The SMILES string of the molecule is CCN(CC)CCN1C(=O)C(=O)/C(=C(\O)c2ccc(Br)cc2)C1c1ccncc1. The Bertz CT molecular complexity index is 909. The number of aliphatic hydroxyl groups is 1. The van der Waals surface area contributed by atoms with Gasteiger partial charge < -0.3 is 14.9 Å². The van der Waals surface area contributed by atoms with Gasteiger partial charge in [0.1, 0.15) is 5.76 Å². The molecular weight excluding hydrogens is 434 g/mol. The Hall–Kier alpha value is -2.51. The number of aliphatic hydroxyl groups excluding tert-OH is 1. The first-order chi connectivity index (χ1) is 14.0. The van der Waals surface area contributed by atoms with E-state index in [0.717, 1.165) is 23.1 Å². The average Bonchev–Trinajstić information content (AvgIpc) is 3.00. The minimum absolute atomic E-state index is 0.114. The number of likely N-dealkylation sites (N-methyl/N-ethyl adjacent to an activating group) is 1. The van der Waals surface area contributed by atoms with E-state index in [2.05, 4.69) is 39.7 Å². The number of aromatic nitrogens is 1. The Morgan fingerprint density at radius 1 is 1.10 bits per heavy atom. The zero-order chi connectivity index (χ0) is 21.0. The van der Waals surface area contributed by atoms with Gasteiger partial charge in [0.15, 0.2) is 0 Å². The van der Waals surface area contributed by atoms with Crippen LogP contribution in [0.25, 0.3) is 5.76 Å². The quantitative estimate of drug-likeness (QED) is 0.390. The standard InChI is InChI=1S/C22H24BrN3O3/c1-3-25(4-2)13-14-26-19(15-9-11-24-12-10-15)18(21(28)22(26)29)20(27)16-5-7-17(23)8-6-16/h5-12,19,27H,3-4,13-14H2,1-2H3/b20-18-. The van der Waals surface area contributed by atoms with Crippen molar-refractivity contribution < 1.29 is 14.7 Å². The molecule has 1 fully saturated rings. The van der Waals surface area contributed by atoms with Crippen LogP contribution in [-0.4, -0.2) is 57.8 Å². The predicted molar refractivity (Wildman–Crippen MR) is 115 cm³/mol. The highest BCUT2D eigenvalue weighted by Crippen LogP contribution is 2.39. The van der Waals surface area contributed by atoms with Gasteiger partial charge in [-0.15, -0.1) is 0 Å². The highest BCUT2D eigenvalue weighted by Gasteiger charge is 2.45. The van der Waals surface area contributed by atoms with Crippen LogP contribution in [0.15, 0.2) is 58.8 Å². The molecule has 0 saturated carbocycles. The fourth-order valence-electron chi connectivity index (χ4n) is 3.56. The van der Waals surface area contributed by atoms with Crippen LogP contribution < -0.4 is 0 Å². The van der Waals surface area contributed by atoms with E-state index in [9.17, 15) is 14.7 Å². The number of hydrogen-bond acceptors (Lipinski definition) is 5. The third kappa shape index (κ3) is 4.41. The fraction of sp³-hybridized carbons (Fsp3) is 0.318. The molecule has 1 N–H and O–H groups in total. The Labute approximate surface area is 179 Å². The summed E-state index contributed by atoms with van der Waals surface area (Å²) in [5.74, 6) is -1.41. The number of amides is 1. The van der Waals surface area contributed by atoms with Gasteiger partial charge in [0.25, 0.3) is 11.7 Å². The van der Waals surface area contributed by atoms with Crippen molar-refractivity contribution in [3.63, 3.8) is 0 Å². The fourth-order valence-corrected chi connectivity index (χ4v) is 3.82. The first-order valence-corrected chi connectivity index (χ1v) is 10.4. The maximum atomic E-state index is 12.9. The van der Waals surface area contributed by atoms with Crippen LogP contribution in [0, 0.1) is 0 Å². The van der Waals surface area contributed by atoms with Gasteiger partial charge >= 0.3 is 0 Å². The topological polar surface area (TPSA) is 73.7 Å². The van der Waals surface area contributed by atoms with Crippen LogP contribution in [-0.2, 0) is 9.59 Å². The number of Topliss-reactive ketones (excluding diaryl/α,β-unsaturated/α-hetero) is 1. The van der Waals surface area contributed by atoms with Crippen molar-refractivity contribution >= 4 is 33.4 Å². The molecule has 1 atom stereocenters. The van der Waals surface area contributed by atoms with Gasteiger partial charge in [-0.2, -0.15) is 0 Å². The summed E-state index contributed by atoms with van der Waals surface area (Å²) in [6.07, 6.45) is 3.25. The molecule has 1 aromatic heterocycles. The maximum absolute atomic E-state index is 12.9. The second-order valence-corrected chi connectivity index (χ2v) is 7.72. The van der Waals surface area contributed by atoms with Crippen molar-refractivity contribution in [3.05, 3.63) is 70.0 Å². The number of carbonyl (C=O) groups excluding carboxylic acids is 2. The Balaban J connectivity index is 2.06. The predicted octanol–water partition coefficient (Wildman–Crippen LogP) is 3.61. The number of halogens is 1. The van der Waals surface area contributed by atoms with Gasteiger partial charge in [-0.05, 0) is 42.9 Å². The third-order valence-electron chi connectivity index (χ3n) is 5.23. The highest BCUT2D eigenvalue weighted by molar-refractivity contribution is 9.10. The van der Waals surface area contributed by atoms with Crippen molar-refractivity contribution in [2.24, 2.45) is 0 Å². The molecule has 3 rings (SSSR count). The Morgan fingerprint density at radius 3 is 2.31 bits per heavy atom. The molecule has 0 bridgehead atoms. The van der Waals surface area contributed by atoms with E-state index in [1.807, 2.05) is 0 Å². The van der Waals surface area contributed by atoms with Gasteiger partial charge in [0.05, 0.1) is 11.6 Å². The highest BCUT2D eigenvalue weighted by atomic mass is 79.9. The lowest BCUT2D eigenvalue weighted by Gasteiger charge is -2.28. The molecule has 2 heterocycles. The number of benzene rings is 1. The molecule has 1 saturated heterocycles. The lowest BCUT2D eigenvalue weighted by Crippen LogP contribution is -2.38. The number of ketones is 1. The minimum Gasteiger partial charge on any atom is -0.507 e. The van der Waals surface area contributed by atoms with Crippen molar-refractivity contribution in [2.45, 2.75) is 19.9 Å². The van der Waals surface area contributed by atoms with Crippen LogP contribution in [0.2, 0.25) is 0 Å². The molecule has 0 aliphatic carbocycles. The van der Waals surface area contributed by atoms with Gasteiger partial charge in [-0.25, -0.2) is 0 Å². The molecule has 29 heavy (non-hydrogen) atoms. The molecule has 7 heteroatoms. The normalized spacial score (nSPS) is 18.6. The number of likely N-dealkylation sites (tertiary alicyclic amines) is 1. The van der Waals surface area contributed by atoms with Crippen LogP contribution in [0.1, 0.15) is 31.0 Å². The van der Waals surface area contributed by atoms with Gasteiger partial charge in [-0.3, -0.25) is 14.6 Å². The molecule has 1 amide bonds.